The lowest BCUT2D eigenvalue weighted by Crippen LogP contribution is -2.21. The molecule has 0 spiro atoms. The Morgan fingerprint density at radius 1 is 1.47 bits per heavy atom. The van der Waals surface area contributed by atoms with E-state index in [1.807, 2.05) is 6.92 Å². The van der Waals surface area contributed by atoms with Crippen LogP contribution in [0, 0.1) is 5.82 Å². The first-order valence-corrected chi connectivity index (χ1v) is 5.79. The van der Waals surface area contributed by atoms with Crippen molar-refractivity contribution in [2.45, 2.75) is 25.8 Å². The smallest absolute Gasteiger partial charge is 0.169 e. The van der Waals surface area contributed by atoms with Gasteiger partial charge in [0.1, 0.15) is 5.02 Å². The van der Waals surface area contributed by atoms with Gasteiger partial charge in [-0.15, -0.1) is 0 Å². The lowest BCUT2D eigenvalue weighted by molar-refractivity contribution is 0.278. The summed E-state index contributed by atoms with van der Waals surface area (Å²) in [4.78, 5) is 0. The molecule has 1 atom stereocenters. The number of anilines is 3. The summed E-state index contributed by atoms with van der Waals surface area (Å²) in [5.74, 6) is -0.652. The van der Waals surface area contributed by atoms with E-state index in [-0.39, 0.29) is 34.7 Å². The van der Waals surface area contributed by atoms with Crippen molar-refractivity contribution < 1.29 is 9.50 Å². The minimum atomic E-state index is -0.652. The third-order valence-corrected chi connectivity index (χ3v) is 2.97. The number of hydrogen-bond acceptors (Lipinski definition) is 4. The highest BCUT2D eigenvalue weighted by Gasteiger charge is 2.16. The van der Waals surface area contributed by atoms with Gasteiger partial charge >= 0.3 is 0 Å². The molecule has 0 aliphatic rings. The highest BCUT2D eigenvalue weighted by molar-refractivity contribution is 6.33. The Labute approximate surface area is 105 Å². The Morgan fingerprint density at radius 3 is 2.65 bits per heavy atom. The molecule has 0 amide bonds. The Kier molecular flexibility index (Phi) is 4.84. The molecule has 0 saturated carbocycles. The van der Waals surface area contributed by atoms with E-state index in [1.54, 1.807) is 0 Å². The van der Waals surface area contributed by atoms with Crippen molar-refractivity contribution in [3.8, 4) is 0 Å². The van der Waals surface area contributed by atoms with Crippen LogP contribution in [-0.2, 0) is 0 Å². The molecule has 17 heavy (non-hydrogen) atoms. The van der Waals surface area contributed by atoms with Gasteiger partial charge in [0, 0.05) is 12.6 Å². The average Bonchev–Trinajstić information content (AvgIpc) is 2.30. The van der Waals surface area contributed by atoms with Gasteiger partial charge in [-0.3, -0.25) is 0 Å². The fraction of sp³-hybridized carbons (Fsp3) is 0.455. The first kappa shape index (κ1) is 13.9. The van der Waals surface area contributed by atoms with Crippen LogP contribution in [0.4, 0.5) is 21.5 Å². The zero-order chi connectivity index (χ0) is 13.0. The molecule has 0 radical (unpaired) electrons. The Hall–Kier alpha value is -1.20. The van der Waals surface area contributed by atoms with Crippen molar-refractivity contribution in [3.63, 3.8) is 0 Å². The van der Waals surface area contributed by atoms with Crippen LogP contribution in [0.15, 0.2) is 6.07 Å². The molecule has 1 rings (SSSR count). The lowest BCUT2D eigenvalue weighted by Gasteiger charge is -2.20. The fourth-order valence-corrected chi connectivity index (χ4v) is 1.70. The third-order valence-electron chi connectivity index (χ3n) is 2.58. The third kappa shape index (κ3) is 3.14. The summed E-state index contributed by atoms with van der Waals surface area (Å²) in [5.41, 5.74) is 11.6. The van der Waals surface area contributed by atoms with Gasteiger partial charge in [0.2, 0.25) is 0 Å². The largest absolute Gasteiger partial charge is 0.397 e. The maximum atomic E-state index is 13.8. The number of aliphatic hydroxyl groups excluding tert-OH is 1. The number of rotatable bonds is 5. The number of nitrogens with two attached hydrogens (primary N) is 2. The van der Waals surface area contributed by atoms with Crippen molar-refractivity contribution in [1.82, 2.24) is 0 Å². The predicted molar refractivity (Wildman–Crippen MR) is 69.6 cm³/mol. The Morgan fingerprint density at radius 2 is 2.12 bits per heavy atom. The van der Waals surface area contributed by atoms with Crippen molar-refractivity contribution in [2.75, 3.05) is 23.4 Å². The number of nitrogens with one attached hydrogen (secondary N) is 1. The molecule has 0 bridgehead atoms. The zero-order valence-corrected chi connectivity index (χ0v) is 10.4. The van der Waals surface area contributed by atoms with E-state index >= 15 is 0 Å². The normalized spacial score (nSPS) is 12.5. The average molecular weight is 262 g/mol. The predicted octanol–water partition coefficient (Wildman–Crippen LogP) is 2.22. The number of benzene rings is 1. The summed E-state index contributed by atoms with van der Waals surface area (Å²) in [5, 5.41) is 11.7. The molecule has 6 N–H and O–H groups in total. The molecule has 1 aromatic carbocycles. The molecular weight excluding hydrogens is 245 g/mol. The highest BCUT2D eigenvalue weighted by Crippen LogP contribution is 2.34. The summed E-state index contributed by atoms with van der Waals surface area (Å²) in [6.07, 6.45) is 1.25. The second-order valence-corrected chi connectivity index (χ2v) is 4.20. The summed E-state index contributed by atoms with van der Waals surface area (Å²) < 4.78 is 13.8. The van der Waals surface area contributed by atoms with Crippen molar-refractivity contribution >= 4 is 28.7 Å². The molecule has 0 fully saturated rings. The minimum absolute atomic E-state index is 0.0235. The first-order valence-electron chi connectivity index (χ1n) is 5.41. The summed E-state index contributed by atoms with van der Waals surface area (Å²) in [6.45, 7) is 1.95. The van der Waals surface area contributed by atoms with Gasteiger partial charge in [0.25, 0.3) is 0 Å². The summed E-state index contributed by atoms with van der Waals surface area (Å²) in [7, 11) is 0. The van der Waals surface area contributed by atoms with E-state index in [2.05, 4.69) is 5.32 Å². The summed E-state index contributed by atoms with van der Waals surface area (Å²) >= 11 is 5.71. The van der Waals surface area contributed by atoms with Crippen LogP contribution in [0.5, 0.6) is 0 Å². The quantitative estimate of drug-likeness (QED) is 0.613. The first-order chi connectivity index (χ1) is 8.01. The maximum Gasteiger partial charge on any atom is 0.169 e. The number of nitrogen functional groups attached to an aromatic ring is 2. The topological polar surface area (TPSA) is 84.3 Å². The van der Waals surface area contributed by atoms with E-state index in [0.717, 1.165) is 6.42 Å². The molecule has 6 heteroatoms. The van der Waals surface area contributed by atoms with Crippen LogP contribution in [0.25, 0.3) is 0 Å². The van der Waals surface area contributed by atoms with Crippen LogP contribution in [-0.4, -0.2) is 17.8 Å². The van der Waals surface area contributed by atoms with Crippen molar-refractivity contribution in [2.24, 2.45) is 0 Å². The second-order valence-electron chi connectivity index (χ2n) is 3.82. The van der Waals surface area contributed by atoms with Gasteiger partial charge in [0.15, 0.2) is 5.82 Å². The van der Waals surface area contributed by atoms with Crippen molar-refractivity contribution in [3.05, 3.63) is 16.9 Å². The Balaban J connectivity index is 3.01. The molecule has 0 saturated heterocycles. The molecule has 4 nitrogen and oxygen atoms in total. The molecule has 0 heterocycles. The van der Waals surface area contributed by atoms with E-state index in [9.17, 15) is 4.39 Å². The molecule has 1 unspecified atom stereocenters. The van der Waals surface area contributed by atoms with Crippen LogP contribution in [0.2, 0.25) is 5.02 Å². The van der Waals surface area contributed by atoms with Gasteiger partial charge in [-0.1, -0.05) is 18.5 Å². The SMILES string of the molecule is CCC(CCO)Nc1c(N)cc(N)c(Cl)c1F. The lowest BCUT2D eigenvalue weighted by atomic mass is 10.1. The monoisotopic (exact) mass is 261 g/mol. The highest BCUT2D eigenvalue weighted by atomic mass is 35.5. The standard InChI is InChI=1S/C11H17ClFN3O/c1-2-6(3-4-17)16-11-8(15)5-7(14)9(12)10(11)13/h5-6,16-17H,2-4,14-15H2,1H3. The van der Waals surface area contributed by atoms with Gasteiger partial charge in [-0.25, -0.2) is 4.39 Å². The van der Waals surface area contributed by atoms with Crippen LogP contribution < -0.4 is 16.8 Å². The number of halogens is 2. The zero-order valence-electron chi connectivity index (χ0n) is 9.63. The second kappa shape index (κ2) is 5.93. The fourth-order valence-electron chi connectivity index (χ4n) is 1.55. The minimum Gasteiger partial charge on any atom is -0.397 e. The van der Waals surface area contributed by atoms with Crippen LogP contribution in [0.1, 0.15) is 19.8 Å². The van der Waals surface area contributed by atoms with E-state index in [0.29, 0.717) is 6.42 Å². The molecule has 96 valence electrons. The summed E-state index contributed by atoms with van der Waals surface area (Å²) in [6, 6.07) is 1.36. The molecule has 0 aliphatic carbocycles. The molecular formula is C11H17ClFN3O. The van der Waals surface area contributed by atoms with E-state index in [4.69, 9.17) is 28.2 Å². The van der Waals surface area contributed by atoms with Crippen LogP contribution >= 0.6 is 11.6 Å². The Bertz CT molecular complexity index is 401. The van der Waals surface area contributed by atoms with Crippen molar-refractivity contribution in [1.29, 1.82) is 0 Å². The van der Waals surface area contributed by atoms with Gasteiger partial charge < -0.3 is 21.9 Å². The maximum absolute atomic E-state index is 13.8. The van der Waals surface area contributed by atoms with Crippen LogP contribution in [0.3, 0.4) is 0 Å². The van der Waals surface area contributed by atoms with Gasteiger partial charge in [-0.2, -0.15) is 0 Å². The van der Waals surface area contributed by atoms with E-state index in [1.165, 1.54) is 6.07 Å². The van der Waals surface area contributed by atoms with Gasteiger partial charge in [0.05, 0.1) is 17.1 Å². The van der Waals surface area contributed by atoms with E-state index < -0.39 is 5.82 Å². The number of hydrogen-bond donors (Lipinski definition) is 4. The molecule has 0 aromatic heterocycles. The molecule has 1 aromatic rings. The molecule has 0 aliphatic heterocycles. The van der Waals surface area contributed by atoms with Gasteiger partial charge in [-0.05, 0) is 18.9 Å². The number of aliphatic hydroxyl groups is 1.